The predicted molar refractivity (Wildman–Crippen MR) is 126 cm³/mol. The average Bonchev–Trinajstić information content (AvgIpc) is 3.43. The Kier molecular flexibility index (Phi) is 6.05. The number of piperazine rings is 1. The zero-order valence-electron chi connectivity index (χ0n) is 19.3. The molecule has 172 valence electrons. The van der Waals surface area contributed by atoms with Crippen LogP contribution in [0.2, 0.25) is 0 Å². The highest BCUT2D eigenvalue weighted by Crippen LogP contribution is 2.32. The van der Waals surface area contributed by atoms with Crippen LogP contribution >= 0.6 is 0 Å². The zero-order valence-corrected chi connectivity index (χ0v) is 19.3. The highest BCUT2D eigenvalue weighted by atomic mass is 16.7. The number of carbonyl (C=O) groups excluding carboxylic acids is 1. The minimum Gasteiger partial charge on any atom is -0.454 e. The number of hydrogen-bond acceptors (Lipinski definition) is 5. The Morgan fingerprint density at radius 3 is 2.36 bits per heavy atom. The zero-order chi connectivity index (χ0) is 22.8. The number of nitrogens with zero attached hydrogens (tertiary/aromatic N) is 4. The summed E-state index contributed by atoms with van der Waals surface area (Å²) in [5.41, 5.74) is 5.57. The first kappa shape index (κ1) is 21.5. The molecule has 0 spiro atoms. The minimum absolute atomic E-state index is 0.236. The molecule has 0 bridgehead atoms. The molecule has 0 atom stereocenters. The van der Waals surface area contributed by atoms with Crippen LogP contribution in [-0.4, -0.2) is 58.5 Å². The molecule has 7 nitrogen and oxygen atoms in total. The number of aromatic nitrogens is 2. The summed E-state index contributed by atoms with van der Waals surface area (Å²) < 4.78 is 12.8. The van der Waals surface area contributed by atoms with Gasteiger partial charge in [0.05, 0.1) is 11.4 Å². The molecule has 33 heavy (non-hydrogen) atoms. The fourth-order valence-electron chi connectivity index (χ4n) is 4.56. The summed E-state index contributed by atoms with van der Waals surface area (Å²) in [5.74, 6) is 1.87. The maximum Gasteiger partial charge on any atom is 0.231 e. The van der Waals surface area contributed by atoms with Crippen LogP contribution in [0.3, 0.4) is 0 Å². The van der Waals surface area contributed by atoms with Gasteiger partial charge in [-0.15, -0.1) is 0 Å². The first-order valence-electron chi connectivity index (χ1n) is 11.6. The molecule has 2 aliphatic heterocycles. The molecule has 0 saturated carbocycles. The monoisotopic (exact) mass is 446 g/mol. The van der Waals surface area contributed by atoms with E-state index in [1.165, 1.54) is 11.1 Å². The van der Waals surface area contributed by atoms with Crippen molar-refractivity contribution in [2.75, 3.05) is 33.0 Å². The second kappa shape index (κ2) is 9.27. The van der Waals surface area contributed by atoms with Gasteiger partial charge in [0.2, 0.25) is 12.7 Å². The van der Waals surface area contributed by atoms with Gasteiger partial charge in [0.15, 0.2) is 11.5 Å². The van der Waals surface area contributed by atoms with Crippen LogP contribution in [0.4, 0.5) is 0 Å². The molecule has 3 aromatic rings. The van der Waals surface area contributed by atoms with Gasteiger partial charge < -0.3 is 14.4 Å². The third-order valence-electron chi connectivity index (χ3n) is 6.39. The van der Waals surface area contributed by atoms with Crippen molar-refractivity contribution in [3.05, 3.63) is 71.0 Å². The normalized spacial score (nSPS) is 15.8. The first-order valence-corrected chi connectivity index (χ1v) is 11.6. The Hall–Kier alpha value is -3.32. The van der Waals surface area contributed by atoms with Gasteiger partial charge in [-0.05, 0) is 61.7 Å². The molecular formula is C26H30N4O3. The fraction of sp³-hybridized carbons (Fsp3) is 0.385. The average molecular weight is 447 g/mol. The molecule has 5 rings (SSSR count). The standard InChI is InChI=1S/C26H30N4O3/c1-19-15-20(2)30(27-19)23-7-3-21(4-8-23)6-10-26(31)29-13-11-28(12-14-29)17-22-5-9-24-25(16-22)33-18-32-24/h3-5,7-9,15-16H,6,10-14,17-18H2,1-2H3. The van der Waals surface area contributed by atoms with Gasteiger partial charge in [-0.2, -0.15) is 5.10 Å². The smallest absolute Gasteiger partial charge is 0.231 e. The molecule has 1 fully saturated rings. The molecule has 0 N–H and O–H groups in total. The van der Waals surface area contributed by atoms with Crippen LogP contribution in [0.1, 0.15) is 28.9 Å². The Balaban J connectivity index is 1.09. The number of rotatable bonds is 6. The van der Waals surface area contributed by atoms with Crippen molar-refractivity contribution in [3.63, 3.8) is 0 Å². The van der Waals surface area contributed by atoms with E-state index in [2.05, 4.69) is 59.4 Å². The molecule has 0 radical (unpaired) electrons. The molecule has 0 unspecified atom stereocenters. The summed E-state index contributed by atoms with van der Waals surface area (Å²) in [6.07, 6.45) is 1.30. The van der Waals surface area contributed by atoms with Crippen LogP contribution in [0.15, 0.2) is 48.5 Å². The lowest BCUT2D eigenvalue weighted by atomic mass is 10.1. The summed E-state index contributed by atoms with van der Waals surface area (Å²) >= 11 is 0. The van der Waals surface area contributed by atoms with E-state index in [9.17, 15) is 4.79 Å². The molecule has 0 aliphatic carbocycles. The fourth-order valence-corrected chi connectivity index (χ4v) is 4.56. The van der Waals surface area contributed by atoms with Crippen LogP contribution in [-0.2, 0) is 17.8 Å². The number of amides is 1. The van der Waals surface area contributed by atoms with Gasteiger partial charge in [0.25, 0.3) is 0 Å². The Bertz CT molecular complexity index is 1130. The van der Waals surface area contributed by atoms with Crippen molar-refractivity contribution in [2.24, 2.45) is 0 Å². The lowest BCUT2D eigenvalue weighted by Crippen LogP contribution is -2.48. The third-order valence-corrected chi connectivity index (χ3v) is 6.39. The van der Waals surface area contributed by atoms with Crippen molar-refractivity contribution in [2.45, 2.75) is 33.2 Å². The van der Waals surface area contributed by atoms with Gasteiger partial charge in [-0.3, -0.25) is 9.69 Å². The van der Waals surface area contributed by atoms with Gasteiger partial charge in [-0.25, -0.2) is 4.68 Å². The van der Waals surface area contributed by atoms with E-state index in [0.29, 0.717) is 13.2 Å². The van der Waals surface area contributed by atoms with E-state index in [1.807, 2.05) is 22.6 Å². The summed E-state index contributed by atoms with van der Waals surface area (Å²) in [6, 6.07) is 16.5. The van der Waals surface area contributed by atoms with E-state index in [1.54, 1.807) is 0 Å². The predicted octanol–water partition coefficient (Wildman–Crippen LogP) is 3.49. The summed E-state index contributed by atoms with van der Waals surface area (Å²) in [7, 11) is 0. The number of aryl methyl sites for hydroxylation is 3. The van der Waals surface area contributed by atoms with E-state index < -0.39 is 0 Å². The SMILES string of the molecule is Cc1cc(C)n(-c2ccc(CCC(=O)N3CCN(Cc4ccc5c(c4)OCO5)CC3)cc2)n1. The van der Waals surface area contributed by atoms with Gasteiger partial charge in [-0.1, -0.05) is 18.2 Å². The molecule has 7 heteroatoms. The van der Waals surface area contributed by atoms with Crippen LogP contribution < -0.4 is 9.47 Å². The number of ether oxygens (including phenoxy) is 2. The molecular weight excluding hydrogens is 416 g/mol. The summed E-state index contributed by atoms with van der Waals surface area (Å²) in [6.45, 7) is 8.55. The Labute approximate surface area is 194 Å². The molecule has 1 saturated heterocycles. The van der Waals surface area contributed by atoms with Crippen molar-refractivity contribution in [3.8, 4) is 17.2 Å². The van der Waals surface area contributed by atoms with Crippen LogP contribution in [0, 0.1) is 13.8 Å². The second-order valence-electron chi connectivity index (χ2n) is 8.85. The maximum atomic E-state index is 12.8. The van der Waals surface area contributed by atoms with Crippen molar-refractivity contribution in [1.29, 1.82) is 0 Å². The Morgan fingerprint density at radius 2 is 1.64 bits per heavy atom. The molecule has 2 aliphatic rings. The van der Waals surface area contributed by atoms with Gasteiger partial charge in [0.1, 0.15) is 0 Å². The highest BCUT2D eigenvalue weighted by molar-refractivity contribution is 5.76. The largest absolute Gasteiger partial charge is 0.454 e. The number of carbonyl (C=O) groups is 1. The molecule has 2 aromatic carbocycles. The van der Waals surface area contributed by atoms with E-state index in [4.69, 9.17) is 9.47 Å². The lowest BCUT2D eigenvalue weighted by Gasteiger charge is -2.35. The van der Waals surface area contributed by atoms with E-state index in [-0.39, 0.29) is 5.91 Å². The minimum atomic E-state index is 0.236. The number of benzene rings is 2. The van der Waals surface area contributed by atoms with Crippen molar-refractivity contribution >= 4 is 5.91 Å². The summed E-state index contributed by atoms with van der Waals surface area (Å²) in [4.78, 5) is 17.2. The third kappa shape index (κ3) is 4.88. The maximum absolute atomic E-state index is 12.8. The number of hydrogen-bond donors (Lipinski definition) is 0. The lowest BCUT2D eigenvalue weighted by molar-refractivity contribution is -0.133. The number of fused-ring (bicyclic) bond motifs is 1. The Morgan fingerprint density at radius 1 is 0.909 bits per heavy atom. The van der Waals surface area contributed by atoms with E-state index >= 15 is 0 Å². The molecule has 3 heterocycles. The first-order chi connectivity index (χ1) is 16.0. The van der Waals surface area contributed by atoms with Crippen LogP contribution in [0.25, 0.3) is 5.69 Å². The molecule has 1 aromatic heterocycles. The van der Waals surface area contributed by atoms with E-state index in [0.717, 1.165) is 67.7 Å². The highest BCUT2D eigenvalue weighted by Gasteiger charge is 2.22. The van der Waals surface area contributed by atoms with Crippen molar-refractivity contribution < 1.29 is 14.3 Å². The quantitative estimate of drug-likeness (QED) is 0.580. The summed E-state index contributed by atoms with van der Waals surface area (Å²) in [5, 5.41) is 4.53. The van der Waals surface area contributed by atoms with Crippen molar-refractivity contribution in [1.82, 2.24) is 19.6 Å². The van der Waals surface area contributed by atoms with Crippen LogP contribution in [0.5, 0.6) is 11.5 Å². The van der Waals surface area contributed by atoms with Gasteiger partial charge in [0, 0.05) is 44.8 Å². The second-order valence-corrected chi connectivity index (χ2v) is 8.85. The molecule has 1 amide bonds. The van der Waals surface area contributed by atoms with Gasteiger partial charge >= 0.3 is 0 Å². The topological polar surface area (TPSA) is 59.8 Å².